The third-order valence-electron chi connectivity index (χ3n) is 6.61. The van der Waals surface area contributed by atoms with Crippen molar-refractivity contribution in [2.75, 3.05) is 18.5 Å². The van der Waals surface area contributed by atoms with E-state index >= 15 is 4.39 Å². The Morgan fingerprint density at radius 3 is 2.90 bits per heavy atom. The summed E-state index contributed by atoms with van der Waals surface area (Å²) in [6, 6.07) is 9.61. The molecule has 2 aromatic heterocycles. The lowest BCUT2D eigenvalue weighted by atomic mass is 10.1. The fraction of sp³-hybridized carbons (Fsp3) is 0.333. The number of esters is 1. The van der Waals surface area contributed by atoms with Crippen LogP contribution in [0, 0.1) is 5.82 Å². The average Bonchev–Trinajstić information content (AvgIpc) is 3.69. The fourth-order valence-electron chi connectivity index (χ4n) is 4.67. The molecule has 3 heterocycles. The van der Waals surface area contributed by atoms with Crippen LogP contribution in [0.3, 0.4) is 0 Å². The van der Waals surface area contributed by atoms with E-state index < -0.39 is 17.8 Å². The smallest absolute Gasteiger partial charge is 0.307 e. The van der Waals surface area contributed by atoms with Gasteiger partial charge >= 0.3 is 5.97 Å². The van der Waals surface area contributed by atoms with Gasteiger partial charge in [0.1, 0.15) is 5.82 Å². The van der Waals surface area contributed by atoms with E-state index in [1.807, 2.05) is 24.3 Å². The molecule has 0 bridgehead atoms. The molecule has 4 aromatic rings. The zero-order valence-corrected chi connectivity index (χ0v) is 23.2. The number of carbonyl (C=O) groups is 3. The fourth-order valence-corrected chi connectivity index (χ4v) is 5.84. The number of benzene rings is 2. The highest BCUT2D eigenvalue weighted by Gasteiger charge is 2.33. The molecule has 208 valence electrons. The molecule has 1 aliphatic rings. The van der Waals surface area contributed by atoms with Gasteiger partial charge < -0.3 is 15.0 Å². The zero-order valence-electron chi connectivity index (χ0n) is 21.6. The van der Waals surface area contributed by atoms with E-state index in [9.17, 15) is 14.4 Å². The van der Waals surface area contributed by atoms with Crippen molar-refractivity contribution >= 4 is 56.5 Å². The summed E-state index contributed by atoms with van der Waals surface area (Å²) in [6.07, 6.45) is 1.26. The molecule has 1 saturated heterocycles. The van der Waals surface area contributed by atoms with Crippen molar-refractivity contribution in [3.63, 3.8) is 0 Å². The third-order valence-corrected chi connectivity index (χ3v) is 7.89. The quantitative estimate of drug-likeness (QED) is 0.281. The number of aryl methyl sites for hydroxylation is 1. The molecule has 2 amide bonds. The van der Waals surface area contributed by atoms with Gasteiger partial charge in [-0.2, -0.15) is 4.80 Å². The van der Waals surface area contributed by atoms with Crippen molar-refractivity contribution < 1.29 is 23.5 Å². The van der Waals surface area contributed by atoms with Crippen LogP contribution in [0.25, 0.3) is 10.1 Å². The Morgan fingerprint density at radius 2 is 2.08 bits per heavy atom. The van der Waals surface area contributed by atoms with Crippen molar-refractivity contribution in [2.45, 2.75) is 45.2 Å². The largest absolute Gasteiger partial charge is 0.466 e. The van der Waals surface area contributed by atoms with Crippen LogP contribution in [0.5, 0.6) is 0 Å². The third kappa shape index (κ3) is 5.97. The van der Waals surface area contributed by atoms with Crippen LogP contribution in [-0.2, 0) is 27.3 Å². The number of fused-ring (bicyclic) bond motifs is 1. The predicted octanol–water partition coefficient (Wildman–Crippen LogP) is 4.79. The van der Waals surface area contributed by atoms with Gasteiger partial charge in [-0.1, -0.05) is 29.8 Å². The molecule has 0 unspecified atom stereocenters. The number of likely N-dealkylation sites (tertiary alicyclic amines) is 1. The van der Waals surface area contributed by atoms with E-state index in [2.05, 4.69) is 20.7 Å². The number of halogens is 2. The van der Waals surface area contributed by atoms with Gasteiger partial charge in [0, 0.05) is 22.0 Å². The first-order chi connectivity index (χ1) is 19.3. The summed E-state index contributed by atoms with van der Waals surface area (Å²) in [5, 5.41) is 17.7. The molecule has 13 heteroatoms. The molecule has 5 rings (SSSR count). The van der Waals surface area contributed by atoms with Gasteiger partial charge in [-0.3, -0.25) is 14.4 Å². The minimum atomic E-state index is -0.651. The maximum Gasteiger partial charge on any atom is 0.307 e. The number of ether oxygens (including phenoxy) is 1. The zero-order chi connectivity index (χ0) is 28.2. The Balaban J connectivity index is 1.24. The maximum absolute atomic E-state index is 15.1. The van der Waals surface area contributed by atoms with Crippen LogP contribution < -0.4 is 5.32 Å². The molecule has 1 aliphatic heterocycles. The van der Waals surface area contributed by atoms with Crippen molar-refractivity contribution in [1.82, 2.24) is 25.1 Å². The molecule has 1 fully saturated rings. The maximum atomic E-state index is 15.1. The second-order valence-electron chi connectivity index (χ2n) is 9.24. The van der Waals surface area contributed by atoms with Crippen LogP contribution in [0.1, 0.15) is 54.0 Å². The Bertz CT molecular complexity index is 1570. The lowest BCUT2D eigenvalue weighted by Crippen LogP contribution is -2.32. The number of anilines is 1. The molecule has 1 N–H and O–H groups in total. The molecule has 40 heavy (non-hydrogen) atoms. The Morgan fingerprint density at radius 1 is 1.25 bits per heavy atom. The van der Waals surface area contributed by atoms with Crippen molar-refractivity contribution in [1.29, 1.82) is 0 Å². The van der Waals surface area contributed by atoms with E-state index in [-0.39, 0.29) is 47.5 Å². The SMILES string of the molecule is CCOC(=O)CCn1nnc([C@@H]2CCCN2C(=O)Cc2cc(Cl)c(NC(=O)c3csc4ccccc34)cc2F)n1. The molecule has 2 aromatic carbocycles. The number of hydrogen-bond acceptors (Lipinski definition) is 8. The minimum absolute atomic E-state index is 0.108. The molecule has 0 saturated carbocycles. The van der Waals surface area contributed by atoms with Crippen molar-refractivity contribution in [3.05, 3.63) is 69.6 Å². The molecule has 10 nitrogen and oxygen atoms in total. The predicted molar refractivity (Wildman–Crippen MR) is 148 cm³/mol. The second-order valence-corrected chi connectivity index (χ2v) is 10.6. The highest BCUT2D eigenvalue weighted by Crippen LogP contribution is 2.32. The van der Waals surface area contributed by atoms with Crippen LogP contribution >= 0.6 is 22.9 Å². The lowest BCUT2D eigenvalue weighted by Gasteiger charge is -2.22. The number of thiophene rings is 1. The normalized spacial score (nSPS) is 15.0. The van der Waals surface area contributed by atoms with E-state index in [0.29, 0.717) is 31.0 Å². The van der Waals surface area contributed by atoms with Gasteiger partial charge in [0.15, 0.2) is 5.82 Å². The second kappa shape index (κ2) is 12.1. The van der Waals surface area contributed by atoms with Gasteiger partial charge in [0.05, 0.1) is 48.3 Å². The van der Waals surface area contributed by atoms with Gasteiger partial charge in [0.2, 0.25) is 5.91 Å². The van der Waals surface area contributed by atoms with Gasteiger partial charge in [0.25, 0.3) is 5.91 Å². The summed E-state index contributed by atoms with van der Waals surface area (Å²) in [5.41, 5.74) is 0.715. The standard InChI is InChI=1S/C27H26ClFN6O4S/c1-2-39-25(37)9-11-35-32-26(31-33-35)22-7-5-10-34(22)24(36)13-16-12-19(28)21(14-20(16)29)30-27(38)18-15-40-23-8-4-3-6-17(18)23/h3-4,6,8,12,14-15,22H,2,5,7,9-11,13H2,1H3,(H,30,38)/t22-/m0/s1. The monoisotopic (exact) mass is 584 g/mol. The summed E-state index contributed by atoms with van der Waals surface area (Å²) in [6.45, 7) is 2.71. The van der Waals surface area contributed by atoms with E-state index in [0.717, 1.165) is 22.6 Å². The molecular formula is C27H26ClFN6O4S. The summed E-state index contributed by atoms with van der Waals surface area (Å²) < 4.78 is 21.0. The molecule has 1 atom stereocenters. The van der Waals surface area contributed by atoms with E-state index in [1.165, 1.54) is 22.2 Å². The first kappa shape index (κ1) is 27.7. The Labute approximate surface area is 238 Å². The van der Waals surface area contributed by atoms with Crippen LogP contribution in [-0.4, -0.2) is 56.0 Å². The van der Waals surface area contributed by atoms with Crippen molar-refractivity contribution in [2.24, 2.45) is 0 Å². The van der Waals surface area contributed by atoms with Gasteiger partial charge in [-0.25, -0.2) is 4.39 Å². The Hall–Kier alpha value is -3.90. The number of nitrogens with one attached hydrogen (secondary N) is 1. The van der Waals surface area contributed by atoms with Crippen LogP contribution in [0.2, 0.25) is 5.02 Å². The van der Waals surface area contributed by atoms with E-state index in [4.69, 9.17) is 16.3 Å². The average molecular weight is 585 g/mol. The van der Waals surface area contributed by atoms with E-state index in [1.54, 1.807) is 17.2 Å². The first-order valence-electron chi connectivity index (χ1n) is 12.8. The summed E-state index contributed by atoms with van der Waals surface area (Å²) >= 11 is 7.84. The molecule has 0 aliphatic carbocycles. The van der Waals surface area contributed by atoms with Gasteiger partial charge in [-0.15, -0.1) is 21.5 Å². The number of amides is 2. The lowest BCUT2D eigenvalue weighted by molar-refractivity contribution is -0.143. The number of nitrogens with zero attached hydrogens (tertiary/aromatic N) is 5. The number of tetrazole rings is 1. The highest BCUT2D eigenvalue weighted by molar-refractivity contribution is 7.17. The Kier molecular flexibility index (Phi) is 8.36. The summed E-state index contributed by atoms with van der Waals surface area (Å²) in [7, 11) is 0. The van der Waals surface area contributed by atoms with Gasteiger partial charge in [-0.05, 0) is 48.7 Å². The number of carbonyl (C=O) groups excluding carboxylic acids is 3. The molecule has 0 spiro atoms. The van der Waals surface area contributed by atoms with Crippen LogP contribution in [0.15, 0.2) is 41.8 Å². The first-order valence-corrected chi connectivity index (χ1v) is 14.1. The topological polar surface area (TPSA) is 119 Å². The number of aromatic nitrogens is 4. The molecular weight excluding hydrogens is 559 g/mol. The summed E-state index contributed by atoms with van der Waals surface area (Å²) in [4.78, 5) is 40.6. The van der Waals surface area contributed by atoms with Crippen molar-refractivity contribution in [3.8, 4) is 0 Å². The summed E-state index contributed by atoms with van der Waals surface area (Å²) in [5.74, 6) is -1.34. The van der Waals surface area contributed by atoms with Crippen LogP contribution in [0.4, 0.5) is 10.1 Å². The molecule has 0 radical (unpaired) electrons. The number of rotatable bonds is 9. The minimum Gasteiger partial charge on any atom is -0.466 e. The highest BCUT2D eigenvalue weighted by atomic mass is 35.5. The number of hydrogen-bond donors (Lipinski definition) is 1.